The Morgan fingerprint density at radius 3 is 2.37 bits per heavy atom. The van der Waals surface area contributed by atoms with Crippen LogP contribution in [0.15, 0.2) is 48.5 Å². The second-order valence-electron chi connectivity index (χ2n) is 7.33. The van der Waals surface area contributed by atoms with Crippen LogP contribution in [0, 0.1) is 15.5 Å². The van der Waals surface area contributed by atoms with Crippen LogP contribution in [0.1, 0.15) is 49.7 Å². The molecule has 0 aromatic heterocycles. The average molecular weight is 369 g/mol. The van der Waals surface area contributed by atoms with Crippen LogP contribution >= 0.6 is 0 Å². The maximum absolute atomic E-state index is 12.5. The highest BCUT2D eigenvalue weighted by molar-refractivity contribution is 5.98. The van der Waals surface area contributed by atoms with E-state index in [4.69, 9.17) is 0 Å². The number of rotatable bonds is 5. The Kier molecular flexibility index (Phi) is 5.95. The van der Waals surface area contributed by atoms with Gasteiger partial charge in [-0.3, -0.25) is 19.7 Å². The van der Waals surface area contributed by atoms with Gasteiger partial charge >= 0.3 is 0 Å². The van der Waals surface area contributed by atoms with Crippen LogP contribution in [0.2, 0.25) is 0 Å². The molecular formula is C20H23N3O4. The minimum Gasteiger partial charge on any atom is -0.346 e. The monoisotopic (exact) mass is 369 g/mol. The van der Waals surface area contributed by atoms with E-state index in [0.717, 1.165) is 0 Å². The molecule has 0 aliphatic heterocycles. The van der Waals surface area contributed by atoms with Crippen molar-refractivity contribution < 1.29 is 14.5 Å². The van der Waals surface area contributed by atoms with E-state index in [9.17, 15) is 19.7 Å². The molecule has 2 N–H and O–H groups in total. The molecule has 7 nitrogen and oxygen atoms in total. The molecule has 2 aromatic rings. The second kappa shape index (κ2) is 7.99. The molecule has 0 aliphatic carbocycles. The van der Waals surface area contributed by atoms with Crippen molar-refractivity contribution in [2.24, 2.45) is 5.41 Å². The van der Waals surface area contributed by atoms with Crippen molar-refractivity contribution in [3.05, 3.63) is 69.8 Å². The van der Waals surface area contributed by atoms with Gasteiger partial charge in [-0.2, -0.15) is 0 Å². The Morgan fingerprint density at radius 1 is 1.07 bits per heavy atom. The highest BCUT2D eigenvalue weighted by Crippen LogP contribution is 2.21. The van der Waals surface area contributed by atoms with E-state index >= 15 is 0 Å². The van der Waals surface area contributed by atoms with Gasteiger partial charge in [0.05, 0.1) is 11.0 Å². The zero-order valence-electron chi connectivity index (χ0n) is 15.8. The molecule has 0 saturated carbocycles. The molecule has 142 valence electrons. The number of non-ortho nitro benzene ring substituents is 1. The van der Waals surface area contributed by atoms with Crippen molar-refractivity contribution >= 4 is 23.2 Å². The van der Waals surface area contributed by atoms with Gasteiger partial charge in [0.2, 0.25) is 5.91 Å². The van der Waals surface area contributed by atoms with Gasteiger partial charge in [-0.1, -0.05) is 39.0 Å². The summed E-state index contributed by atoms with van der Waals surface area (Å²) in [5.74, 6) is -0.481. The number of nitrogens with zero attached hydrogens (tertiary/aromatic N) is 1. The molecule has 1 atom stereocenters. The number of hydrogen-bond donors (Lipinski definition) is 2. The molecule has 27 heavy (non-hydrogen) atoms. The summed E-state index contributed by atoms with van der Waals surface area (Å²) in [4.78, 5) is 35.0. The van der Waals surface area contributed by atoms with E-state index < -0.39 is 16.4 Å². The first kappa shape index (κ1) is 20.1. The number of nitro benzene ring substituents is 1. The summed E-state index contributed by atoms with van der Waals surface area (Å²) >= 11 is 0. The predicted octanol–water partition coefficient (Wildman–Crippen LogP) is 4.07. The number of nitrogens with one attached hydrogen (secondary N) is 2. The van der Waals surface area contributed by atoms with Crippen LogP contribution < -0.4 is 10.6 Å². The molecule has 0 heterocycles. The van der Waals surface area contributed by atoms with Gasteiger partial charge in [-0.25, -0.2) is 0 Å². The molecule has 2 aromatic carbocycles. The highest BCUT2D eigenvalue weighted by atomic mass is 16.6. The van der Waals surface area contributed by atoms with Crippen LogP contribution in [0.4, 0.5) is 11.4 Å². The van der Waals surface area contributed by atoms with Crippen LogP contribution in [0.3, 0.4) is 0 Å². The van der Waals surface area contributed by atoms with Crippen LogP contribution in [0.25, 0.3) is 0 Å². The number of nitro groups is 1. The molecule has 0 radical (unpaired) electrons. The predicted molar refractivity (Wildman–Crippen MR) is 104 cm³/mol. The van der Waals surface area contributed by atoms with E-state index in [1.54, 1.807) is 64.1 Å². The maximum Gasteiger partial charge on any atom is 0.269 e. The molecule has 2 rings (SSSR count). The first-order valence-electron chi connectivity index (χ1n) is 8.54. The average Bonchev–Trinajstić information content (AvgIpc) is 2.61. The van der Waals surface area contributed by atoms with E-state index in [1.165, 1.54) is 12.1 Å². The summed E-state index contributed by atoms with van der Waals surface area (Å²) in [7, 11) is 0. The second-order valence-corrected chi connectivity index (χ2v) is 7.33. The summed E-state index contributed by atoms with van der Waals surface area (Å²) in [5.41, 5.74) is 0.981. The molecule has 0 fully saturated rings. The molecule has 0 saturated heterocycles. The van der Waals surface area contributed by atoms with Crippen molar-refractivity contribution in [2.45, 2.75) is 33.7 Å². The first-order valence-corrected chi connectivity index (χ1v) is 8.54. The van der Waals surface area contributed by atoms with Gasteiger partial charge in [0, 0.05) is 28.8 Å². The van der Waals surface area contributed by atoms with Crippen LogP contribution in [-0.2, 0) is 4.79 Å². The van der Waals surface area contributed by atoms with Gasteiger partial charge in [0.25, 0.3) is 11.6 Å². The standard InChI is InChI=1S/C20H23N3O4/c1-13(14-7-6-10-17(12-14)23(26)27)21-18(24)15-8-5-9-16(11-15)22-19(25)20(2,3)4/h5-13H,1-4H3,(H,21,24)(H,22,25). The lowest BCUT2D eigenvalue weighted by atomic mass is 9.95. The maximum atomic E-state index is 12.5. The fourth-order valence-corrected chi connectivity index (χ4v) is 2.33. The van der Waals surface area contributed by atoms with Gasteiger partial charge in [-0.15, -0.1) is 0 Å². The smallest absolute Gasteiger partial charge is 0.269 e. The highest BCUT2D eigenvalue weighted by Gasteiger charge is 2.21. The van der Waals surface area contributed by atoms with E-state index in [1.807, 2.05) is 0 Å². The largest absolute Gasteiger partial charge is 0.346 e. The molecule has 0 spiro atoms. The lowest BCUT2D eigenvalue weighted by Crippen LogP contribution is -2.28. The van der Waals surface area contributed by atoms with Crippen molar-refractivity contribution in [3.63, 3.8) is 0 Å². The van der Waals surface area contributed by atoms with Gasteiger partial charge < -0.3 is 10.6 Å². The third kappa shape index (κ3) is 5.37. The quantitative estimate of drug-likeness (QED) is 0.612. The summed E-state index contributed by atoms with van der Waals surface area (Å²) in [5, 5.41) is 16.5. The third-order valence-electron chi connectivity index (χ3n) is 3.99. The van der Waals surface area contributed by atoms with Crippen molar-refractivity contribution in [3.8, 4) is 0 Å². The lowest BCUT2D eigenvalue weighted by Gasteiger charge is -2.18. The van der Waals surface area contributed by atoms with Crippen LogP contribution in [0.5, 0.6) is 0 Å². The van der Waals surface area contributed by atoms with Crippen LogP contribution in [-0.4, -0.2) is 16.7 Å². The zero-order valence-corrected chi connectivity index (χ0v) is 15.8. The van der Waals surface area contributed by atoms with E-state index in [2.05, 4.69) is 10.6 Å². The Labute approximate surface area is 157 Å². The minimum atomic E-state index is -0.547. The zero-order chi connectivity index (χ0) is 20.2. The number of benzene rings is 2. The number of hydrogen-bond acceptors (Lipinski definition) is 4. The summed E-state index contributed by atoms with van der Waals surface area (Å²) in [6.45, 7) is 7.17. The molecule has 7 heteroatoms. The van der Waals surface area contributed by atoms with Crippen molar-refractivity contribution in [1.29, 1.82) is 0 Å². The summed E-state index contributed by atoms with van der Waals surface area (Å²) in [6.07, 6.45) is 0. The lowest BCUT2D eigenvalue weighted by molar-refractivity contribution is -0.384. The number of carbonyl (C=O) groups excluding carboxylic acids is 2. The molecule has 2 amide bonds. The van der Waals surface area contributed by atoms with Crippen molar-refractivity contribution in [2.75, 3.05) is 5.32 Å². The van der Waals surface area contributed by atoms with E-state index in [-0.39, 0.29) is 17.5 Å². The van der Waals surface area contributed by atoms with E-state index in [0.29, 0.717) is 16.8 Å². The molecule has 0 bridgehead atoms. The molecule has 1 unspecified atom stereocenters. The number of anilines is 1. The number of amides is 2. The number of carbonyl (C=O) groups is 2. The summed E-state index contributed by atoms with van der Waals surface area (Å²) in [6, 6.07) is 12.4. The fraction of sp³-hybridized carbons (Fsp3) is 0.300. The SMILES string of the molecule is CC(NC(=O)c1cccc(NC(=O)C(C)(C)C)c1)c1cccc([N+](=O)[O-])c1. The molecular weight excluding hydrogens is 346 g/mol. The normalized spacial score (nSPS) is 12.1. The van der Waals surface area contributed by atoms with Crippen molar-refractivity contribution in [1.82, 2.24) is 5.32 Å². The first-order chi connectivity index (χ1) is 12.6. The van der Waals surface area contributed by atoms with Gasteiger partial charge in [0.15, 0.2) is 0 Å². The summed E-state index contributed by atoms with van der Waals surface area (Å²) < 4.78 is 0. The van der Waals surface area contributed by atoms with Gasteiger partial charge in [0.1, 0.15) is 0 Å². The third-order valence-corrected chi connectivity index (χ3v) is 3.99. The molecule has 0 aliphatic rings. The Bertz CT molecular complexity index is 872. The topological polar surface area (TPSA) is 101 Å². The Morgan fingerprint density at radius 2 is 1.74 bits per heavy atom. The Balaban J connectivity index is 2.12. The fourth-order valence-electron chi connectivity index (χ4n) is 2.33. The Hall–Kier alpha value is -3.22. The van der Waals surface area contributed by atoms with Gasteiger partial charge in [-0.05, 0) is 30.7 Å². The minimum absolute atomic E-state index is 0.0273.